The van der Waals surface area contributed by atoms with Gasteiger partial charge in [0.1, 0.15) is 0 Å². The van der Waals surface area contributed by atoms with Gasteiger partial charge in [0.15, 0.2) is 0 Å². The van der Waals surface area contributed by atoms with Gasteiger partial charge >= 0.3 is 33.3 Å². The van der Waals surface area contributed by atoms with Gasteiger partial charge in [-0.15, -0.1) is 0 Å². The van der Waals surface area contributed by atoms with E-state index in [-0.39, 0.29) is 7.11 Å². The van der Waals surface area contributed by atoms with Crippen molar-refractivity contribution in [3.8, 4) is 0 Å². The molecule has 0 radical (unpaired) electrons. The molecule has 0 aliphatic rings. The first-order chi connectivity index (χ1) is 8.14. The molecule has 0 fully saturated rings. The van der Waals surface area contributed by atoms with Crippen LogP contribution in [-0.4, -0.2) is 44.4 Å². The van der Waals surface area contributed by atoms with Crippen molar-refractivity contribution in [1.82, 2.24) is 0 Å². The van der Waals surface area contributed by atoms with E-state index >= 15 is 0 Å². The van der Waals surface area contributed by atoms with E-state index in [4.69, 9.17) is 0 Å². The first-order valence-corrected chi connectivity index (χ1v) is 5.23. The van der Waals surface area contributed by atoms with Gasteiger partial charge in [-0.2, -0.15) is 34.8 Å². The fourth-order valence-corrected chi connectivity index (χ4v) is 1.10. The molecule has 0 aromatic heterocycles. The van der Waals surface area contributed by atoms with Gasteiger partial charge < -0.3 is 4.74 Å². The van der Waals surface area contributed by atoms with Gasteiger partial charge in [0.05, 0.1) is 7.11 Å². The molecule has 0 spiro atoms. The van der Waals surface area contributed by atoms with Crippen LogP contribution in [-0.2, 0) is 24.5 Å². The second-order valence-electron chi connectivity index (χ2n) is 2.92. The Morgan fingerprint density at radius 2 is 1.37 bits per heavy atom. The summed E-state index contributed by atoms with van der Waals surface area (Å²) in [6.45, 7) is 0. The van der Waals surface area contributed by atoms with E-state index in [1.165, 1.54) is 0 Å². The van der Waals surface area contributed by atoms with Gasteiger partial charge in [-0.1, -0.05) is 3.89 Å². The SMILES string of the molecule is COC(=O)C(F)(F)C(=O)C(F)(F)C(F)(F)S(=O)(=O)F. The van der Waals surface area contributed by atoms with Crippen LogP contribution in [0.3, 0.4) is 0 Å². The molecule has 0 saturated heterocycles. The predicted octanol–water partition coefficient (Wildman–Crippen LogP) is 0.891. The highest BCUT2D eigenvalue weighted by Gasteiger charge is 2.76. The van der Waals surface area contributed by atoms with Crippen molar-refractivity contribution < 1.29 is 53.0 Å². The molecule has 0 bridgehead atoms. The molecule has 0 amide bonds. The number of ether oxygens (including phenoxy) is 1. The summed E-state index contributed by atoms with van der Waals surface area (Å²) in [7, 11) is -7.17. The highest BCUT2D eigenvalue weighted by atomic mass is 32.3. The minimum Gasteiger partial charge on any atom is -0.464 e. The van der Waals surface area contributed by atoms with Crippen LogP contribution in [0.15, 0.2) is 0 Å². The second-order valence-corrected chi connectivity index (χ2v) is 4.31. The number of hydrogen-bond donors (Lipinski definition) is 0. The average molecular weight is 320 g/mol. The quantitative estimate of drug-likeness (QED) is 0.325. The van der Waals surface area contributed by atoms with E-state index in [1.807, 2.05) is 0 Å². The summed E-state index contributed by atoms with van der Waals surface area (Å²) < 4.78 is 110. The number of rotatable bonds is 5. The molecule has 0 aliphatic carbocycles. The lowest BCUT2D eigenvalue weighted by Crippen LogP contribution is -2.58. The number of hydrogen-bond acceptors (Lipinski definition) is 5. The monoisotopic (exact) mass is 320 g/mol. The maximum atomic E-state index is 12.7. The summed E-state index contributed by atoms with van der Waals surface area (Å²) in [6, 6.07) is 0. The maximum absolute atomic E-state index is 12.7. The molecular weight excluding hydrogens is 317 g/mol. The van der Waals surface area contributed by atoms with Crippen molar-refractivity contribution in [3.05, 3.63) is 0 Å². The Balaban J connectivity index is 5.83. The Kier molecular flexibility index (Phi) is 4.27. The zero-order chi connectivity index (χ0) is 15.9. The van der Waals surface area contributed by atoms with Crippen LogP contribution >= 0.6 is 0 Å². The topological polar surface area (TPSA) is 77.5 Å². The Morgan fingerprint density at radius 3 is 1.63 bits per heavy atom. The molecule has 0 aliphatic heterocycles. The first kappa shape index (κ1) is 17.6. The molecule has 0 unspecified atom stereocenters. The third kappa shape index (κ3) is 2.64. The number of methoxy groups -OCH3 is 1. The van der Waals surface area contributed by atoms with E-state index in [0.717, 1.165) is 0 Å². The summed E-state index contributed by atoms with van der Waals surface area (Å²) in [5.74, 6) is -19.5. The van der Waals surface area contributed by atoms with Crippen molar-refractivity contribution in [1.29, 1.82) is 0 Å². The predicted molar refractivity (Wildman–Crippen MR) is 41.9 cm³/mol. The number of halogens is 7. The number of esters is 1. The highest BCUT2D eigenvalue weighted by Crippen LogP contribution is 2.43. The lowest BCUT2D eigenvalue weighted by molar-refractivity contribution is -0.207. The van der Waals surface area contributed by atoms with Crippen LogP contribution in [0.2, 0.25) is 0 Å². The molecule has 0 heterocycles. The normalized spacial score (nSPS) is 14.1. The van der Waals surface area contributed by atoms with Gasteiger partial charge in [0.2, 0.25) is 0 Å². The standard InChI is InChI=1S/C6H3F7O5S/c1-18-3(15)4(7,8)2(14)5(9,10)6(11,12)19(13,16)17/h1H3. The van der Waals surface area contributed by atoms with Crippen LogP contribution in [0.5, 0.6) is 0 Å². The van der Waals surface area contributed by atoms with Crippen LogP contribution in [0.1, 0.15) is 0 Å². The van der Waals surface area contributed by atoms with Crippen molar-refractivity contribution in [2.75, 3.05) is 7.11 Å². The summed E-state index contributed by atoms with van der Waals surface area (Å²) in [5, 5.41) is -6.77. The molecular formula is C6H3F7O5S. The van der Waals surface area contributed by atoms with Crippen LogP contribution in [0, 0.1) is 0 Å². The van der Waals surface area contributed by atoms with Crippen LogP contribution in [0.25, 0.3) is 0 Å². The molecule has 0 aromatic carbocycles. The van der Waals surface area contributed by atoms with Gasteiger partial charge in [-0.3, -0.25) is 4.79 Å². The van der Waals surface area contributed by atoms with E-state index < -0.39 is 39.1 Å². The Morgan fingerprint density at radius 1 is 1.00 bits per heavy atom. The summed E-state index contributed by atoms with van der Waals surface area (Å²) in [4.78, 5) is 20.8. The van der Waals surface area contributed by atoms with Crippen molar-refractivity contribution in [3.63, 3.8) is 0 Å². The largest absolute Gasteiger partial charge is 0.464 e. The van der Waals surface area contributed by atoms with Crippen molar-refractivity contribution in [2.24, 2.45) is 0 Å². The Bertz CT molecular complexity index is 496. The Labute approximate surface area is 100 Å². The summed E-state index contributed by atoms with van der Waals surface area (Å²) in [6.07, 6.45) is 0. The minimum absolute atomic E-state index is 0.214. The first-order valence-electron chi connectivity index (χ1n) is 3.85. The molecule has 112 valence electrons. The number of carbonyl (C=O) groups is 2. The van der Waals surface area contributed by atoms with E-state index in [9.17, 15) is 48.2 Å². The third-order valence-corrected chi connectivity index (χ3v) is 2.55. The van der Waals surface area contributed by atoms with Crippen molar-refractivity contribution in [2.45, 2.75) is 17.1 Å². The van der Waals surface area contributed by atoms with Gasteiger partial charge in [0, 0.05) is 0 Å². The lowest BCUT2D eigenvalue weighted by Gasteiger charge is -2.24. The van der Waals surface area contributed by atoms with Crippen LogP contribution in [0.4, 0.5) is 30.2 Å². The summed E-state index contributed by atoms with van der Waals surface area (Å²) >= 11 is 0. The van der Waals surface area contributed by atoms with Gasteiger partial charge in [0.25, 0.3) is 5.78 Å². The van der Waals surface area contributed by atoms with E-state index in [2.05, 4.69) is 4.74 Å². The molecule has 19 heavy (non-hydrogen) atoms. The molecule has 0 aromatic rings. The molecule has 0 saturated carbocycles. The molecule has 0 rings (SSSR count). The highest BCUT2D eigenvalue weighted by molar-refractivity contribution is 7.87. The van der Waals surface area contributed by atoms with Crippen molar-refractivity contribution >= 4 is 22.0 Å². The van der Waals surface area contributed by atoms with E-state index in [0.29, 0.717) is 0 Å². The molecule has 0 N–H and O–H groups in total. The number of Topliss-reactive ketones (excluding diaryl/α,β-unsaturated/α-hetero) is 1. The lowest BCUT2D eigenvalue weighted by atomic mass is 10.1. The van der Waals surface area contributed by atoms with E-state index in [1.54, 1.807) is 0 Å². The number of alkyl halides is 6. The Hall–Kier alpha value is -1.40. The zero-order valence-corrected chi connectivity index (χ0v) is 9.41. The van der Waals surface area contributed by atoms with Gasteiger partial charge in [-0.25, -0.2) is 4.79 Å². The van der Waals surface area contributed by atoms with Gasteiger partial charge in [-0.05, 0) is 0 Å². The summed E-state index contributed by atoms with van der Waals surface area (Å²) in [5.41, 5.74) is 0. The number of carbonyl (C=O) groups excluding carboxylic acids is 2. The third-order valence-electron chi connectivity index (χ3n) is 1.68. The maximum Gasteiger partial charge on any atom is 0.444 e. The fraction of sp³-hybridized carbons (Fsp3) is 0.667. The zero-order valence-electron chi connectivity index (χ0n) is 8.60. The minimum atomic E-state index is -7.39. The molecule has 13 heteroatoms. The second kappa shape index (κ2) is 4.61. The molecule has 5 nitrogen and oxygen atoms in total. The fourth-order valence-electron chi connectivity index (χ4n) is 0.703. The average Bonchev–Trinajstić information content (AvgIpc) is 2.24. The smallest absolute Gasteiger partial charge is 0.444 e. The van der Waals surface area contributed by atoms with Crippen LogP contribution < -0.4 is 0 Å². The number of ketones is 1. The molecule has 0 atom stereocenters.